The first-order valence-corrected chi connectivity index (χ1v) is 7.92. The van der Waals surface area contributed by atoms with Gasteiger partial charge in [-0.05, 0) is 75.5 Å². The van der Waals surface area contributed by atoms with Gasteiger partial charge in [-0.1, -0.05) is 6.92 Å². The van der Waals surface area contributed by atoms with Crippen LogP contribution in [0.1, 0.15) is 46.0 Å². The normalized spacial score (nSPS) is 16.7. The third kappa shape index (κ3) is 4.67. The summed E-state index contributed by atoms with van der Waals surface area (Å²) in [5.74, 6) is 0.947. The fraction of sp³-hybridized carbons (Fsp3) is 0.562. The van der Waals surface area contributed by atoms with Crippen molar-refractivity contribution >= 4 is 23.0 Å². The summed E-state index contributed by atoms with van der Waals surface area (Å²) in [6.07, 6.45) is 6.41. The maximum absolute atomic E-state index is 5.94. The van der Waals surface area contributed by atoms with Crippen LogP contribution in [-0.2, 0) is 0 Å². The van der Waals surface area contributed by atoms with Crippen molar-refractivity contribution in [3.05, 3.63) is 24.3 Å². The molecule has 1 aliphatic rings. The van der Waals surface area contributed by atoms with Crippen LogP contribution in [0.5, 0.6) is 5.75 Å². The molecule has 2 N–H and O–H groups in total. The number of hydrogen-bond donors (Lipinski definition) is 2. The minimum atomic E-state index is 0.389. The minimum absolute atomic E-state index is 0.389. The molecule has 2 rings (SSSR count). The summed E-state index contributed by atoms with van der Waals surface area (Å²) in [7, 11) is 0. The number of anilines is 1. The third-order valence-corrected chi connectivity index (χ3v) is 3.93. The summed E-state index contributed by atoms with van der Waals surface area (Å²) in [4.78, 5) is 0. The van der Waals surface area contributed by atoms with Crippen LogP contribution in [0.25, 0.3) is 0 Å². The Bertz CT molecular complexity index is 427. The van der Waals surface area contributed by atoms with Crippen LogP contribution in [0.3, 0.4) is 0 Å². The van der Waals surface area contributed by atoms with E-state index in [9.17, 15) is 0 Å². The quantitative estimate of drug-likeness (QED) is 0.801. The molecule has 0 aromatic heterocycles. The zero-order valence-electron chi connectivity index (χ0n) is 12.3. The topological polar surface area (TPSA) is 33.3 Å². The van der Waals surface area contributed by atoms with E-state index < -0.39 is 0 Å². The SMILES string of the molecule is CCC(C)NC(=S)Nc1ccc(OC2CCCC2)cc1. The zero-order valence-corrected chi connectivity index (χ0v) is 13.1. The average molecular weight is 292 g/mol. The lowest BCUT2D eigenvalue weighted by Gasteiger charge is -2.16. The molecule has 0 radical (unpaired) electrons. The Kier molecular flexibility index (Phi) is 5.65. The van der Waals surface area contributed by atoms with E-state index in [2.05, 4.69) is 24.5 Å². The lowest BCUT2D eigenvalue weighted by molar-refractivity contribution is 0.210. The molecule has 1 unspecified atom stereocenters. The van der Waals surface area contributed by atoms with E-state index in [1.54, 1.807) is 0 Å². The Hall–Kier alpha value is -1.29. The maximum atomic E-state index is 5.94. The van der Waals surface area contributed by atoms with Crippen LogP contribution in [0.15, 0.2) is 24.3 Å². The summed E-state index contributed by atoms with van der Waals surface area (Å²) < 4.78 is 5.94. The van der Waals surface area contributed by atoms with Crippen molar-refractivity contribution in [3.63, 3.8) is 0 Å². The molecule has 1 atom stereocenters. The number of ether oxygens (including phenoxy) is 1. The molecule has 1 aliphatic carbocycles. The standard InChI is InChI=1S/C16H24N2OS/c1-3-12(2)17-16(20)18-13-8-10-15(11-9-13)19-14-6-4-5-7-14/h8-12,14H,3-7H2,1-2H3,(H2,17,18,20). The molecule has 0 spiro atoms. The molecule has 3 nitrogen and oxygen atoms in total. The Morgan fingerprint density at radius 2 is 1.95 bits per heavy atom. The molecule has 1 fully saturated rings. The van der Waals surface area contributed by atoms with E-state index in [1.165, 1.54) is 25.7 Å². The summed E-state index contributed by atoms with van der Waals surface area (Å²) in [5, 5.41) is 7.10. The maximum Gasteiger partial charge on any atom is 0.170 e. The highest BCUT2D eigenvalue weighted by molar-refractivity contribution is 7.80. The van der Waals surface area contributed by atoms with Gasteiger partial charge in [-0.15, -0.1) is 0 Å². The molecule has 20 heavy (non-hydrogen) atoms. The largest absolute Gasteiger partial charge is 0.490 e. The highest BCUT2D eigenvalue weighted by atomic mass is 32.1. The number of rotatable bonds is 5. The molecule has 0 aliphatic heterocycles. The van der Waals surface area contributed by atoms with Gasteiger partial charge in [0.15, 0.2) is 5.11 Å². The van der Waals surface area contributed by atoms with Gasteiger partial charge in [-0.3, -0.25) is 0 Å². The van der Waals surface area contributed by atoms with Gasteiger partial charge in [0.25, 0.3) is 0 Å². The minimum Gasteiger partial charge on any atom is -0.490 e. The molecule has 4 heteroatoms. The molecule has 1 saturated carbocycles. The van der Waals surface area contributed by atoms with Crippen molar-refractivity contribution < 1.29 is 4.74 Å². The summed E-state index contributed by atoms with van der Waals surface area (Å²) >= 11 is 5.27. The molecular weight excluding hydrogens is 268 g/mol. The summed E-state index contributed by atoms with van der Waals surface area (Å²) in [5.41, 5.74) is 0.990. The van der Waals surface area contributed by atoms with E-state index in [4.69, 9.17) is 17.0 Å². The van der Waals surface area contributed by atoms with E-state index in [0.29, 0.717) is 17.3 Å². The van der Waals surface area contributed by atoms with Crippen LogP contribution in [0.4, 0.5) is 5.69 Å². The molecule has 110 valence electrons. The van der Waals surface area contributed by atoms with Gasteiger partial charge < -0.3 is 15.4 Å². The number of hydrogen-bond acceptors (Lipinski definition) is 2. The molecular formula is C16H24N2OS. The predicted octanol–water partition coefficient (Wildman–Crippen LogP) is 4.09. The molecule has 0 bridgehead atoms. The van der Waals surface area contributed by atoms with Crippen molar-refractivity contribution in [2.45, 2.75) is 58.1 Å². The van der Waals surface area contributed by atoms with Gasteiger partial charge in [0.1, 0.15) is 5.75 Å². The van der Waals surface area contributed by atoms with Crippen LogP contribution >= 0.6 is 12.2 Å². The Balaban J connectivity index is 1.83. The van der Waals surface area contributed by atoms with Crippen LogP contribution in [-0.4, -0.2) is 17.3 Å². The third-order valence-electron chi connectivity index (χ3n) is 3.71. The Labute approximate surface area is 127 Å². The van der Waals surface area contributed by atoms with Crippen molar-refractivity contribution in [2.24, 2.45) is 0 Å². The molecule has 0 saturated heterocycles. The van der Waals surface area contributed by atoms with Crippen molar-refractivity contribution in [1.29, 1.82) is 0 Å². The van der Waals surface area contributed by atoms with Gasteiger partial charge in [-0.25, -0.2) is 0 Å². The molecule has 1 aromatic carbocycles. The van der Waals surface area contributed by atoms with E-state index >= 15 is 0 Å². The number of benzene rings is 1. The van der Waals surface area contributed by atoms with E-state index in [1.807, 2.05) is 24.3 Å². The second-order valence-electron chi connectivity index (χ2n) is 5.46. The smallest absolute Gasteiger partial charge is 0.170 e. The number of thiocarbonyl (C=S) groups is 1. The predicted molar refractivity (Wildman–Crippen MR) is 88.4 cm³/mol. The fourth-order valence-electron chi connectivity index (χ4n) is 2.31. The van der Waals surface area contributed by atoms with Gasteiger partial charge >= 0.3 is 0 Å². The average Bonchev–Trinajstić information content (AvgIpc) is 2.93. The second kappa shape index (κ2) is 7.48. The lowest BCUT2D eigenvalue weighted by Crippen LogP contribution is -2.35. The highest BCUT2D eigenvalue weighted by Gasteiger charge is 2.16. The van der Waals surface area contributed by atoms with Crippen LogP contribution in [0, 0.1) is 0 Å². The Morgan fingerprint density at radius 1 is 1.30 bits per heavy atom. The summed E-state index contributed by atoms with van der Waals surface area (Å²) in [6.45, 7) is 4.25. The van der Waals surface area contributed by atoms with Crippen molar-refractivity contribution in [1.82, 2.24) is 5.32 Å². The van der Waals surface area contributed by atoms with Gasteiger partial charge in [-0.2, -0.15) is 0 Å². The van der Waals surface area contributed by atoms with Gasteiger partial charge in [0.2, 0.25) is 0 Å². The number of nitrogens with one attached hydrogen (secondary N) is 2. The Morgan fingerprint density at radius 3 is 2.55 bits per heavy atom. The second-order valence-corrected chi connectivity index (χ2v) is 5.86. The lowest BCUT2D eigenvalue weighted by atomic mass is 10.2. The molecule has 0 amide bonds. The van der Waals surface area contributed by atoms with E-state index in [0.717, 1.165) is 17.9 Å². The summed E-state index contributed by atoms with van der Waals surface area (Å²) in [6, 6.07) is 8.42. The van der Waals surface area contributed by atoms with Crippen molar-refractivity contribution in [2.75, 3.05) is 5.32 Å². The zero-order chi connectivity index (χ0) is 14.4. The molecule has 1 aromatic rings. The van der Waals surface area contributed by atoms with Gasteiger partial charge in [0.05, 0.1) is 6.10 Å². The van der Waals surface area contributed by atoms with Crippen LogP contribution < -0.4 is 15.4 Å². The van der Waals surface area contributed by atoms with E-state index in [-0.39, 0.29) is 0 Å². The first-order valence-electron chi connectivity index (χ1n) is 7.51. The molecule has 0 heterocycles. The van der Waals surface area contributed by atoms with Crippen LogP contribution in [0.2, 0.25) is 0 Å². The first-order chi connectivity index (χ1) is 9.67. The first kappa shape index (κ1) is 15.1. The fourth-order valence-corrected chi connectivity index (χ4v) is 2.63. The highest BCUT2D eigenvalue weighted by Crippen LogP contribution is 2.24. The van der Waals surface area contributed by atoms with Crippen molar-refractivity contribution in [3.8, 4) is 5.75 Å². The monoisotopic (exact) mass is 292 g/mol. The van der Waals surface area contributed by atoms with Gasteiger partial charge in [0, 0.05) is 11.7 Å².